The van der Waals surface area contributed by atoms with Crippen molar-refractivity contribution in [1.29, 1.82) is 0 Å². The number of rotatable bonds is 1. The van der Waals surface area contributed by atoms with Crippen LogP contribution in [0.3, 0.4) is 0 Å². The molecule has 0 unspecified atom stereocenters. The maximum absolute atomic E-state index is 2.25. The van der Waals surface area contributed by atoms with Gasteiger partial charge in [-0.3, -0.25) is 0 Å². The average molecular weight is 202 g/mol. The van der Waals surface area contributed by atoms with E-state index in [9.17, 15) is 0 Å². The first-order chi connectivity index (χ1) is 2.27. The Balaban J connectivity index is 0. The zero-order valence-electron chi connectivity index (χ0n) is 4.37. The minimum atomic E-state index is 0. The van der Waals surface area contributed by atoms with Gasteiger partial charge in [0, 0.05) is 0 Å². The van der Waals surface area contributed by atoms with Crippen molar-refractivity contribution in [3.8, 4) is 0 Å². The Hall–Kier alpha value is 1.10. The molecule has 0 aromatic carbocycles. The van der Waals surface area contributed by atoms with E-state index in [2.05, 4.69) is 13.8 Å². The summed E-state index contributed by atoms with van der Waals surface area (Å²) < 4.78 is 0. The van der Waals surface area contributed by atoms with Crippen LogP contribution >= 0.6 is 0 Å². The second kappa shape index (κ2) is 6.10. The van der Waals surface area contributed by atoms with E-state index in [1.165, 1.54) is 23.3 Å². The summed E-state index contributed by atoms with van der Waals surface area (Å²) in [5, 5.41) is 1.43. The summed E-state index contributed by atoms with van der Waals surface area (Å²) in [6.07, 6.45) is 0. The fourth-order valence-corrected chi connectivity index (χ4v) is 0. The van der Waals surface area contributed by atoms with Gasteiger partial charge >= 0.3 is 43.1 Å². The van der Waals surface area contributed by atoms with Gasteiger partial charge in [0.1, 0.15) is 0 Å². The van der Waals surface area contributed by atoms with E-state index in [4.69, 9.17) is 0 Å². The van der Waals surface area contributed by atoms with E-state index in [1.807, 2.05) is 0 Å². The Bertz CT molecular complexity index is 21.5. The molecule has 0 spiro atoms. The minimum Gasteiger partial charge on any atom is -1.00 e. The van der Waals surface area contributed by atoms with Crippen LogP contribution in [0.4, 0.5) is 0 Å². The molecular weight excluding hydrogens is 193 g/mol. The molecule has 0 aromatic heterocycles. The van der Waals surface area contributed by atoms with Crippen LogP contribution in [0.25, 0.3) is 0 Å². The van der Waals surface area contributed by atoms with Crippen molar-refractivity contribution in [2.24, 2.45) is 5.92 Å². The summed E-state index contributed by atoms with van der Waals surface area (Å²) in [7, 11) is 0. The predicted octanol–water partition coefficient (Wildman–Crippen LogP) is -1.39. The van der Waals surface area contributed by atoms with Gasteiger partial charge in [-0.2, -0.15) is 0 Å². The van der Waals surface area contributed by atoms with Crippen molar-refractivity contribution in [3.63, 3.8) is 0 Å². The summed E-state index contributed by atoms with van der Waals surface area (Å²) >= 11 is 1.46. The van der Waals surface area contributed by atoms with E-state index in [-0.39, 0.29) is 17.0 Å². The first-order valence-corrected chi connectivity index (χ1v) is 4.16. The molecule has 0 amide bonds. The maximum atomic E-state index is 2.25. The van der Waals surface area contributed by atoms with Crippen LogP contribution in [-0.4, -0.2) is 0 Å². The van der Waals surface area contributed by atoms with Crippen molar-refractivity contribution in [3.05, 3.63) is 0 Å². The van der Waals surface area contributed by atoms with Crippen LogP contribution in [0.2, 0.25) is 5.02 Å². The minimum absolute atomic E-state index is 0. The molecule has 0 aliphatic rings. The second-order valence-corrected chi connectivity index (χ2v) is 2.89. The molecular formula is C4H9BrZn. The molecule has 0 heterocycles. The van der Waals surface area contributed by atoms with E-state index >= 15 is 0 Å². The van der Waals surface area contributed by atoms with E-state index in [0.29, 0.717) is 0 Å². The topological polar surface area (TPSA) is 0 Å². The Morgan fingerprint density at radius 3 is 1.67 bits per heavy atom. The molecule has 2 heteroatoms. The van der Waals surface area contributed by atoms with Gasteiger partial charge in [-0.1, -0.05) is 0 Å². The number of hydrogen-bond donors (Lipinski definition) is 0. The molecule has 0 radical (unpaired) electrons. The molecule has 0 saturated heterocycles. The molecule has 0 rings (SSSR count). The molecule has 34 valence electrons. The third kappa shape index (κ3) is 8.92. The molecule has 0 aliphatic heterocycles. The average Bonchev–Trinajstić information content (AvgIpc) is 1.38. The summed E-state index contributed by atoms with van der Waals surface area (Å²) in [4.78, 5) is 0. The summed E-state index contributed by atoms with van der Waals surface area (Å²) in [6.45, 7) is 4.51. The van der Waals surface area contributed by atoms with E-state index in [0.717, 1.165) is 5.92 Å². The van der Waals surface area contributed by atoms with Gasteiger partial charge in [0.2, 0.25) is 0 Å². The Kier molecular flexibility index (Phi) is 10.3. The van der Waals surface area contributed by atoms with Gasteiger partial charge in [0.05, 0.1) is 0 Å². The van der Waals surface area contributed by atoms with Crippen LogP contribution in [0.1, 0.15) is 13.8 Å². The van der Waals surface area contributed by atoms with E-state index < -0.39 is 0 Å². The van der Waals surface area contributed by atoms with Crippen molar-refractivity contribution in [2.75, 3.05) is 0 Å². The van der Waals surface area contributed by atoms with Gasteiger partial charge < -0.3 is 17.0 Å². The second-order valence-electron chi connectivity index (χ2n) is 1.68. The predicted molar refractivity (Wildman–Crippen MR) is 19.6 cm³/mol. The molecule has 0 saturated carbocycles. The first-order valence-electron chi connectivity index (χ1n) is 2.06. The van der Waals surface area contributed by atoms with Gasteiger partial charge in [-0.05, 0) is 0 Å². The summed E-state index contributed by atoms with van der Waals surface area (Å²) in [5.41, 5.74) is 0. The third-order valence-corrected chi connectivity index (χ3v) is 3.00. The smallest absolute Gasteiger partial charge is 1.00 e. The van der Waals surface area contributed by atoms with Crippen molar-refractivity contribution in [2.45, 2.75) is 18.9 Å². The molecule has 0 fully saturated rings. The van der Waals surface area contributed by atoms with Crippen LogP contribution in [0.15, 0.2) is 0 Å². The van der Waals surface area contributed by atoms with Gasteiger partial charge in [-0.25, -0.2) is 0 Å². The fraction of sp³-hybridized carbons (Fsp3) is 1.00. The summed E-state index contributed by atoms with van der Waals surface area (Å²) in [5.74, 6) is 0.940. The van der Waals surface area contributed by atoms with Crippen molar-refractivity contribution >= 4 is 0 Å². The standard InChI is InChI=1S/C4H9.BrH.Zn/c1-4(2)3;;/h4H,1H2,2-3H3;1H;/q;;+1/p-1. The Morgan fingerprint density at radius 1 is 1.50 bits per heavy atom. The Morgan fingerprint density at radius 2 is 1.67 bits per heavy atom. The van der Waals surface area contributed by atoms with Crippen LogP contribution in [-0.2, 0) is 18.3 Å². The molecule has 0 atom stereocenters. The Labute approximate surface area is 60.1 Å². The molecule has 0 aliphatic carbocycles. The molecule has 0 aromatic rings. The quantitative estimate of drug-likeness (QED) is 0.460. The van der Waals surface area contributed by atoms with Crippen molar-refractivity contribution in [1.82, 2.24) is 0 Å². The SMILES string of the molecule is CC(C)[CH2][Zn+].[Br-]. The van der Waals surface area contributed by atoms with Gasteiger partial charge in [0.25, 0.3) is 0 Å². The largest absolute Gasteiger partial charge is 1.00 e. The molecule has 6 heavy (non-hydrogen) atoms. The van der Waals surface area contributed by atoms with Crippen LogP contribution < -0.4 is 17.0 Å². The first kappa shape index (κ1) is 10.2. The maximum Gasteiger partial charge on any atom is -1.00 e. The third-order valence-electron chi connectivity index (χ3n) is 0.577. The summed E-state index contributed by atoms with van der Waals surface area (Å²) in [6, 6.07) is 0. The van der Waals surface area contributed by atoms with Crippen molar-refractivity contribution < 1.29 is 35.3 Å². The number of halogens is 1. The molecule has 0 bridgehead atoms. The molecule has 0 nitrogen and oxygen atoms in total. The zero-order valence-corrected chi connectivity index (χ0v) is 8.92. The normalized spacial score (nSPS) is 8.17. The fourth-order valence-electron chi connectivity index (χ4n) is 0. The van der Waals surface area contributed by atoms with Gasteiger partial charge in [0.15, 0.2) is 0 Å². The molecule has 0 N–H and O–H groups in total. The zero-order chi connectivity index (χ0) is 4.28. The monoisotopic (exact) mass is 200 g/mol. The van der Waals surface area contributed by atoms with Crippen LogP contribution in [0, 0.1) is 5.92 Å². The van der Waals surface area contributed by atoms with Gasteiger partial charge in [-0.15, -0.1) is 0 Å². The van der Waals surface area contributed by atoms with Crippen LogP contribution in [0.5, 0.6) is 0 Å². The number of hydrogen-bond acceptors (Lipinski definition) is 0. The van der Waals surface area contributed by atoms with E-state index in [1.54, 1.807) is 0 Å².